The lowest BCUT2D eigenvalue weighted by molar-refractivity contribution is -0.137. The van der Waals surface area contributed by atoms with Gasteiger partial charge in [0.25, 0.3) is 5.56 Å². The molecule has 16 heteroatoms. The molecule has 0 aliphatic rings. The van der Waals surface area contributed by atoms with E-state index in [0.29, 0.717) is 17.5 Å². The Kier molecular flexibility index (Phi) is 9.47. The van der Waals surface area contributed by atoms with Gasteiger partial charge in [0.05, 0.1) is 35.1 Å². The summed E-state index contributed by atoms with van der Waals surface area (Å²) in [5.74, 6) is -0.139. The first-order valence-electron chi connectivity index (χ1n) is 14.1. The Morgan fingerprint density at radius 3 is 2.33 bits per heavy atom. The van der Waals surface area contributed by atoms with E-state index in [2.05, 4.69) is 20.1 Å². The number of nitriles is 1. The first kappa shape index (κ1) is 34.1. The molecule has 1 N–H and O–H groups in total. The van der Waals surface area contributed by atoms with Crippen molar-refractivity contribution in [1.29, 1.82) is 5.26 Å². The van der Waals surface area contributed by atoms with Gasteiger partial charge in [0.15, 0.2) is 11.2 Å². The minimum Gasteiger partial charge on any atom is -0.296 e. The van der Waals surface area contributed by atoms with Crippen molar-refractivity contribution in [2.75, 3.05) is 0 Å². The van der Waals surface area contributed by atoms with Crippen molar-refractivity contribution in [3.05, 3.63) is 64.0 Å². The molecule has 1 atom stereocenters. The van der Waals surface area contributed by atoms with Crippen LogP contribution in [0, 0.1) is 11.3 Å². The lowest BCUT2D eigenvalue weighted by atomic mass is 10.1. The molecule has 0 amide bonds. The molecule has 0 fully saturated rings. The Balaban J connectivity index is 1.86. The molecule has 0 aliphatic carbocycles. The average molecular weight is 650 g/mol. The summed E-state index contributed by atoms with van der Waals surface area (Å²) in [5, 5.41) is 13.7. The number of nitrogens with one attached hydrogen (secondary N) is 1. The van der Waals surface area contributed by atoms with Crippen molar-refractivity contribution in [3.63, 3.8) is 0 Å². The smallest absolute Gasteiger partial charge is 0.296 e. The van der Waals surface area contributed by atoms with Gasteiger partial charge >= 0.3 is 14.0 Å². The molecule has 12 nitrogen and oxygen atoms in total. The third kappa shape index (κ3) is 8.46. The standard InChI is InChI=1S/C29H35F3N7O5P/c1-8-10-22(42-45(41,43-27(2,3)4)44-28(5,6)7)39-23-24(35-21(14-33)36-26(23)40)37-25(39)19-15-34-38(17-19)16-18-11-9-12-20(13-18)29(30,31)32/h9,11-13,15,17,22H,8,10,16H2,1-7H3,(H,35,36,40). The van der Waals surface area contributed by atoms with E-state index in [0.717, 1.165) is 12.1 Å². The van der Waals surface area contributed by atoms with E-state index in [1.54, 1.807) is 53.7 Å². The number of rotatable bonds is 10. The van der Waals surface area contributed by atoms with Gasteiger partial charge in [-0.15, -0.1) is 0 Å². The van der Waals surface area contributed by atoms with Crippen LogP contribution in [0.5, 0.6) is 0 Å². The number of hydrogen-bond acceptors (Lipinski definition) is 9. The molecule has 0 saturated carbocycles. The predicted octanol–water partition coefficient (Wildman–Crippen LogP) is 6.98. The van der Waals surface area contributed by atoms with E-state index in [4.69, 9.17) is 13.6 Å². The molecule has 3 aromatic heterocycles. The Hall–Kier alpha value is -3.83. The summed E-state index contributed by atoms with van der Waals surface area (Å²) < 4.78 is 74.6. The summed E-state index contributed by atoms with van der Waals surface area (Å²) in [5.41, 5.74) is -2.80. The van der Waals surface area contributed by atoms with Crippen LogP contribution < -0.4 is 5.56 Å². The highest BCUT2D eigenvalue weighted by molar-refractivity contribution is 7.48. The Morgan fingerprint density at radius 2 is 1.76 bits per heavy atom. The van der Waals surface area contributed by atoms with Crippen molar-refractivity contribution in [2.45, 2.75) is 91.5 Å². The number of hydrogen-bond donors (Lipinski definition) is 1. The molecule has 0 radical (unpaired) electrons. The minimum absolute atomic E-state index is 0.00446. The maximum atomic E-state index is 14.2. The summed E-state index contributed by atoms with van der Waals surface area (Å²) in [6.45, 7) is 12.0. The fraction of sp³-hybridized carbons (Fsp3) is 0.483. The number of phosphoric ester groups is 1. The van der Waals surface area contributed by atoms with Gasteiger partial charge in [-0.25, -0.2) is 9.55 Å². The molecule has 242 valence electrons. The summed E-state index contributed by atoms with van der Waals surface area (Å²) in [6.07, 6.45) is -1.94. The summed E-state index contributed by atoms with van der Waals surface area (Å²) in [4.78, 5) is 24.4. The number of H-pyrrole nitrogens is 1. The zero-order valence-electron chi connectivity index (χ0n) is 26.0. The topological polar surface area (TPSA) is 150 Å². The van der Waals surface area contributed by atoms with Crippen LogP contribution >= 0.6 is 7.82 Å². The molecule has 45 heavy (non-hydrogen) atoms. The number of imidazole rings is 1. The minimum atomic E-state index is -4.50. The maximum Gasteiger partial charge on any atom is 0.477 e. The number of aromatic nitrogens is 6. The van der Waals surface area contributed by atoms with Crippen LogP contribution in [0.15, 0.2) is 41.5 Å². The van der Waals surface area contributed by atoms with Crippen molar-refractivity contribution < 1.29 is 31.3 Å². The molecule has 1 unspecified atom stereocenters. The third-order valence-corrected chi connectivity index (χ3v) is 8.04. The molecule has 4 aromatic rings. The van der Waals surface area contributed by atoms with E-state index in [1.807, 2.05) is 6.92 Å². The van der Waals surface area contributed by atoms with Crippen molar-refractivity contribution >= 4 is 19.0 Å². The van der Waals surface area contributed by atoms with E-state index >= 15 is 0 Å². The number of halogens is 3. The number of benzene rings is 1. The van der Waals surface area contributed by atoms with Crippen LogP contribution in [0.1, 0.15) is 84.5 Å². The van der Waals surface area contributed by atoms with Crippen LogP contribution in [0.3, 0.4) is 0 Å². The second kappa shape index (κ2) is 12.5. The zero-order chi connectivity index (χ0) is 33.4. The van der Waals surface area contributed by atoms with E-state index in [1.165, 1.54) is 27.7 Å². The monoisotopic (exact) mass is 649 g/mol. The number of fused-ring (bicyclic) bond motifs is 1. The molecule has 0 bridgehead atoms. The maximum absolute atomic E-state index is 14.2. The Morgan fingerprint density at radius 1 is 1.09 bits per heavy atom. The van der Waals surface area contributed by atoms with Gasteiger partial charge in [-0.1, -0.05) is 25.5 Å². The SMILES string of the molecule is CCCC(OP(=O)(OC(C)(C)C)OC(C)(C)C)n1c(-c2cnn(Cc3cccc(C(F)(F)F)c3)c2)nc2nc(C#N)[nH]c(=O)c21. The van der Waals surface area contributed by atoms with Crippen molar-refractivity contribution in [2.24, 2.45) is 0 Å². The quantitative estimate of drug-likeness (QED) is 0.180. The number of nitrogens with zero attached hydrogens (tertiary/aromatic N) is 6. The van der Waals surface area contributed by atoms with Gasteiger partial charge < -0.3 is 0 Å². The number of aromatic amines is 1. The van der Waals surface area contributed by atoms with Gasteiger partial charge in [0.1, 0.15) is 18.1 Å². The van der Waals surface area contributed by atoms with Crippen LogP contribution in [0.25, 0.3) is 22.6 Å². The average Bonchev–Trinajstić information content (AvgIpc) is 3.50. The fourth-order valence-corrected chi connectivity index (χ4v) is 6.47. The zero-order valence-corrected chi connectivity index (χ0v) is 26.9. The Bertz CT molecular complexity index is 1810. The third-order valence-electron chi connectivity index (χ3n) is 6.00. The normalized spacial score (nSPS) is 13.7. The largest absolute Gasteiger partial charge is 0.477 e. The predicted molar refractivity (Wildman–Crippen MR) is 159 cm³/mol. The number of alkyl halides is 3. The lowest BCUT2D eigenvalue weighted by Gasteiger charge is -2.33. The van der Waals surface area contributed by atoms with Gasteiger partial charge in [-0.3, -0.25) is 32.6 Å². The Labute approximate surface area is 257 Å². The van der Waals surface area contributed by atoms with Crippen LogP contribution in [-0.2, 0) is 30.9 Å². The van der Waals surface area contributed by atoms with Crippen molar-refractivity contribution in [1.82, 2.24) is 29.3 Å². The fourth-order valence-electron chi connectivity index (χ4n) is 4.50. The van der Waals surface area contributed by atoms with E-state index < -0.39 is 42.6 Å². The lowest BCUT2D eigenvalue weighted by Crippen LogP contribution is -2.27. The molecule has 0 spiro atoms. The molecule has 0 aliphatic heterocycles. The summed E-state index contributed by atoms with van der Waals surface area (Å²) >= 11 is 0. The van der Waals surface area contributed by atoms with Crippen LogP contribution in [0.4, 0.5) is 13.2 Å². The molecule has 4 rings (SSSR count). The second-order valence-electron chi connectivity index (χ2n) is 12.3. The molecule has 3 heterocycles. The molecular formula is C29H35F3N7O5P. The molecule has 1 aromatic carbocycles. The van der Waals surface area contributed by atoms with Crippen LogP contribution in [0.2, 0.25) is 0 Å². The van der Waals surface area contributed by atoms with Gasteiger partial charge in [-0.05, 0) is 65.7 Å². The summed E-state index contributed by atoms with van der Waals surface area (Å²) in [7, 11) is -4.31. The van der Waals surface area contributed by atoms with E-state index in [9.17, 15) is 27.8 Å². The van der Waals surface area contributed by atoms with Crippen molar-refractivity contribution in [3.8, 4) is 17.5 Å². The highest BCUT2D eigenvalue weighted by atomic mass is 31.2. The highest BCUT2D eigenvalue weighted by Gasteiger charge is 2.41. The second-order valence-corrected chi connectivity index (χ2v) is 13.8. The number of phosphoric acid groups is 1. The van der Waals surface area contributed by atoms with Gasteiger partial charge in [0, 0.05) is 6.20 Å². The molecule has 0 saturated heterocycles. The first-order valence-corrected chi connectivity index (χ1v) is 15.6. The van der Waals surface area contributed by atoms with Crippen LogP contribution in [-0.4, -0.2) is 40.5 Å². The van der Waals surface area contributed by atoms with Gasteiger partial charge in [-0.2, -0.15) is 28.5 Å². The van der Waals surface area contributed by atoms with Gasteiger partial charge in [0.2, 0.25) is 5.82 Å². The highest BCUT2D eigenvalue weighted by Crippen LogP contribution is 2.58. The molecular weight excluding hydrogens is 614 g/mol. The first-order chi connectivity index (χ1) is 20.8. The summed E-state index contributed by atoms with van der Waals surface area (Å²) in [6, 6.07) is 6.68. The van der Waals surface area contributed by atoms with E-state index in [-0.39, 0.29) is 35.8 Å².